The standard InChI is InChI=1S/C10H14N2O3S2/c13-8-2-3-16-5-7(11-8)9(14)12-6-1-4-17-10(6)15/h6-7H,1-5H2,(H,11,13)(H,12,14)/t6-,7-/m0/s1. The minimum absolute atomic E-state index is 0.0194. The van der Waals surface area contributed by atoms with E-state index in [1.54, 1.807) is 11.8 Å². The molecule has 0 aromatic rings. The van der Waals surface area contributed by atoms with Gasteiger partial charge in [-0.05, 0) is 6.42 Å². The van der Waals surface area contributed by atoms with Crippen LogP contribution in [0.5, 0.6) is 0 Å². The van der Waals surface area contributed by atoms with Crippen molar-refractivity contribution >= 4 is 40.5 Å². The fourth-order valence-electron chi connectivity index (χ4n) is 1.71. The largest absolute Gasteiger partial charge is 0.344 e. The van der Waals surface area contributed by atoms with E-state index in [0.717, 1.165) is 11.5 Å². The van der Waals surface area contributed by atoms with Crippen LogP contribution in [0.25, 0.3) is 0 Å². The van der Waals surface area contributed by atoms with Crippen LogP contribution in [0.3, 0.4) is 0 Å². The minimum Gasteiger partial charge on any atom is -0.344 e. The zero-order chi connectivity index (χ0) is 12.3. The molecule has 7 heteroatoms. The quantitative estimate of drug-likeness (QED) is 0.727. The van der Waals surface area contributed by atoms with Gasteiger partial charge in [0.05, 0.1) is 6.04 Å². The van der Waals surface area contributed by atoms with E-state index in [1.165, 1.54) is 11.8 Å². The third-order valence-electron chi connectivity index (χ3n) is 2.66. The van der Waals surface area contributed by atoms with Crippen molar-refractivity contribution in [2.24, 2.45) is 0 Å². The predicted octanol–water partition coefficient (Wildman–Crippen LogP) is -0.244. The van der Waals surface area contributed by atoms with Crippen LogP contribution < -0.4 is 10.6 Å². The maximum atomic E-state index is 11.9. The van der Waals surface area contributed by atoms with Crippen molar-refractivity contribution in [2.75, 3.05) is 17.3 Å². The van der Waals surface area contributed by atoms with Crippen LogP contribution in [0.15, 0.2) is 0 Å². The summed E-state index contributed by atoms with van der Waals surface area (Å²) in [6.45, 7) is 0. The zero-order valence-electron chi connectivity index (χ0n) is 9.23. The van der Waals surface area contributed by atoms with E-state index in [1.807, 2.05) is 0 Å². The number of nitrogens with one attached hydrogen (secondary N) is 2. The Morgan fingerprint density at radius 1 is 1.35 bits per heavy atom. The fraction of sp³-hybridized carbons (Fsp3) is 0.700. The second kappa shape index (κ2) is 5.77. The monoisotopic (exact) mass is 274 g/mol. The molecule has 2 saturated heterocycles. The summed E-state index contributed by atoms with van der Waals surface area (Å²) >= 11 is 2.83. The van der Waals surface area contributed by atoms with Crippen molar-refractivity contribution in [1.82, 2.24) is 10.6 Å². The normalized spacial score (nSPS) is 29.6. The number of thioether (sulfide) groups is 2. The van der Waals surface area contributed by atoms with Gasteiger partial charge >= 0.3 is 0 Å². The summed E-state index contributed by atoms with van der Waals surface area (Å²) in [4.78, 5) is 34.6. The van der Waals surface area contributed by atoms with Gasteiger partial charge in [0.15, 0.2) is 0 Å². The van der Waals surface area contributed by atoms with E-state index < -0.39 is 6.04 Å². The lowest BCUT2D eigenvalue weighted by molar-refractivity contribution is -0.129. The first-order chi connectivity index (χ1) is 8.16. The smallest absolute Gasteiger partial charge is 0.244 e. The highest BCUT2D eigenvalue weighted by Crippen LogP contribution is 2.19. The van der Waals surface area contributed by atoms with Crippen LogP contribution in [0.1, 0.15) is 12.8 Å². The highest BCUT2D eigenvalue weighted by Gasteiger charge is 2.30. The number of carbonyl (C=O) groups excluding carboxylic acids is 3. The first-order valence-electron chi connectivity index (χ1n) is 5.51. The molecule has 2 N–H and O–H groups in total. The van der Waals surface area contributed by atoms with Crippen LogP contribution in [0, 0.1) is 0 Å². The number of rotatable bonds is 2. The zero-order valence-corrected chi connectivity index (χ0v) is 10.9. The third kappa shape index (κ3) is 3.38. The number of carbonyl (C=O) groups is 3. The highest BCUT2D eigenvalue weighted by atomic mass is 32.2. The van der Waals surface area contributed by atoms with Crippen molar-refractivity contribution in [3.8, 4) is 0 Å². The number of hydrogen-bond donors (Lipinski definition) is 2. The topological polar surface area (TPSA) is 75.3 Å². The van der Waals surface area contributed by atoms with Crippen molar-refractivity contribution in [3.05, 3.63) is 0 Å². The number of hydrogen-bond acceptors (Lipinski definition) is 5. The molecule has 0 bridgehead atoms. The Kier molecular flexibility index (Phi) is 4.33. The van der Waals surface area contributed by atoms with Gasteiger partial charge < -0.3 is 10.6 Å². The summed E-state index contributed by atoms with van der Waals surface area (Å²) in [6.07, 6.45) is 1.13. The lowest BCUT2D eigenvalue weighted by Crippen LogP contribution is -2.51. The Morgan fingerprint density at radius 2 is 2.18 bits per heavy atom. The summed E-state index contributed by atoms with van der Waals surface area (Å²) < 4.78 is 0. The molecule has 94 valence electrons. The molecule has 0 aliphatic carbocycles. The lowest BCUT2D eigenvalue weighted by atomic mass is 10.2. The molecule has 0 aromatic heterocycles. The van der Waals surface area contributed by atoms with Gasteiger partial charge in [0, 0.05) is 23.7 Å². The highest BCUT2D eigenvalue weighted by molar-refractivity contribution is 8.14. The average Bonchev–Trinajstić information content (AvgIpc) is 2.57. The van der Waals surface area contributed by atoms with Gasteiger partial charge in [-0.1, -0.05) is 11.8 Å². The van der Waals surface area contributed by atoms with E-state index in [2.05, 4.69) is 10.6 Å². The SMILES string of the molecule is O=C1CCSC[C@@H](C(=O)N[C@H]2CCSC2=O)N1. The molecule has 2 rings (SSSR count). The van der Waals surface area contributed by atoms with Gasteiger partial charge in [0.25, 0.3) is 0 Å². The molecule has 0 unspecified atom stereocenters. The fourth-order valence-corrected chi connectivity index (χ4v) is 3.61. The second-order valence-corrected chi connectivity index (χ2v) is 6.21. The molecule has 2 aliphatic heterocycles. The van der Waals surface area contributed by atoms with Crippen LogP contribution in [-0.4, -0.2) is 46.3 Å². The van der Waals surface area contributed by atoms with Crippen LogP contribution in [-0.2, 0) is 14.4 Å². The number of amides is 2. The summed E-state index contributed by atoms with van der Waals surface area (Å²) in [6, 6.07) is -0.883. The Hall–Kier alpha value is -0.690. The molecule has 2 amide bonds. The van der Waals surface area contributed by atoms with E-state index >= 15 is 0 Å². The molecule has 2 aliphatic rings. The van der Waals surface area contributed by atoms with Gasteiger partial charge in [-0.3, -0.25) is 14.4 Å². The molecule has 0 radical (unpaired) electrons. The molecule has 0 spiro atoms. The average molecular weight is 274 g/mol. The lowest BCUT2D eigenvalue weighted by Gasteiger charge is -2.17. The second-order valence-electron chi connectivity index (χ2n) is 3.96. The van der Waals surface area contributed by atoms with Crippen LogP contribution in [0.4, 0.5) is 0 Å². The van der Waals surface area contributed by atoms with E-state index in [9.17, 15) is 14.4 Å². The molecule has 2 fully saturated rings. The molecule has 0 aromatic carbocycles. The van der Waals surface area contributed by atoms with E-state index in [-0.39, 0.29) is 23.0 Å². The van der Waals surface area contributed by atoms with Crippen LogP contribution in [0.2, 0.25) is 0 Å². The molecular weight excluding hydrogens is 260 g/mol. The molecule has 0 saturated carbocycles. The van der Waals surface area contributed by atoms with Crippen molar-refractivity contribution in [1.29, 1.82) is 0 Å². The van der Waals surface area contributed by atoms with Gasteiger partial charge in [-0.25, -0.2) is 0 Å². The Labute approximate surface area is 108 Å². The summed E-state index contributed by atoms with van der Waals surface area (Å²) in [5.41, 5.74) is 0. The summed E-state index contributed by atoms with van der Waals surface area (Å²) in [5.74, 6) is 1.74. The summed E-state index contributed by atoms with van der Waals surface area (Å²) in [5, 5.41) is 5.41. The van der Waals surface area contributed by atoms with Gasteiger partial charge in [-0.15, -0.1) is 0 Å². The Morgan fingerprint density at radius 3 is 2.88 bits per heavy atom. The van der Waals surface area contributed by atoms with Crippen molar-refractivity contribution in [2.45, 2.75) is 24.9 Å². The Balaban J connectivity index is 1.89. The summed E-state index contributed by atoms with van der Waals surface area (Å²) in [7, 11) is 0. The van der Waals surface area contributed by atoms with E-state index in [4.69, 9.17) is 0 Å². The molecule has 2 heterocycles. The maximum absolute atomic E-state index is 11.9. The first kappa shape index (κ1) is 12.8. The van der Waals surface area contributed by atoms with Crippen LogP contribution >= 0.6 is 23.5 Å². The molecule has 17 heavy (non-hydrogen) atoms. The molecule has 2 atom stereocenters. The maximum Gasteiger partial charge on any atom is 0.244 e. The third-order valence-corrected chi connectivity index (χ3v) is 4.73. The van der Waals surface area contributed by atoms with Gasteiger partial charge in [-0.2, -0.15) is 11.8 Å². The van der Waals surface area contributed by atoms with E-state index in [0.29, 0.717) is 18.6 Å². The predicted molar refractivity (Wildman–Crippen MR) is 67.9 cm³/mol. The van der Waals surface area contributed by atoms with Crippen molar-refractivity contribution in [3.63, 3.8) is 0 Å². The molecule has 5 nitrogen and oxygen atoms in total. The van der Waals surface area contributed by atoms with Gasteiger partial charge in [0.1, 0.15) is 6.04 Å². The Bertz CT molecular complexity index is 348. The molecular formula is C10H14N2O3S2. The van der Waals surface area contributed by atoms with Gasteiger partial charge in [0.2, 0.25) is 16.9 Å². The first-order valence-corrected chi connectivity index (χ1v) is 7.65. The van der Waals surface area contributed by atoms with Crippen molar-refractivity contribution < 1.29 is 14.4 Å². The minimum atomic E-state index is -0.506.